The van der Waals surface area contributed by atoms with Crippen LogP contribution in [0.5, 0.6) is 0 Å². The van der Waals surface area contributed by atoms with Gasteiger partial charge in [-0.3, -0.25) is 0 Å². The van der Waals surface area contributed by atoms with Gasteiger partial charge in [0.1, 0.15) is 0 Å². The fourth-order valence-corrected chi connectivity index (χ4v) is 4.31. The molecule has 0 saturated carbocycles. The Morgan fingerprint density at radius 3 is 1.93 bits per heavy atom. The molecule has 0 heterocycles. The van der Waals surface area contributed by atoms with Crippen LogP contribution in [0.1, 0.15) is 97.5 Å². The van der Waals surface area contributed by atoms with Gasteiger partial charge in [-0.1, -0.05) is 96.8 Å². The second-order valence-corrected chi connectivity index (χ2v) is 10.1. The summed E-state index contributed by atoms with van der Waals surface area (Å²) in [6.45, 7) is 8.20. The molecule has 1 aromatic carbocycles. The third-order valence-electron chi connectivity index (χ3n) is 5.02. The zero-order chi connectivity index (χ0) is 21.5. The van der Waals surface area contributed by atoms with E-state index in [1.54, 1.807) is 12.1 Å². The summed E-state index contributed by atoms with van der Waals surface area (Å²) >= 11 is 0. The Morgan fingerprint density at radius 1 is 0.897 bits per heavy atom. The molecule has 0 atom stereocenters. The van der Waals surface area contributed by atoms with Crippen LogP contribution in [0.4, 0.5) is 0 Å². The van der Waals surface area contributed by atoms with Gasteiger partial charge in [-0.2, -0.15) is 0 Å². The van der Waals surface area contributed by atoms with Gasteiger partial charge in [0.05, 0.1) is 4.90 Å². The summed E-state index contributed by atoms with van der Waals surface area (Å²) in [7, 11) is -3.55. The van der Waals surface area contributed by atoms with E-state index in [9.17, 15) is 8.42 Å². The molecule has 1 aromatic rings. The maximum atomic E-state index is 12.4. The molecule has 0 aliphatic rings. The highest BCUT2D eigenvalue weighted by Crippen LogP contribution is 2.15. The number of benzene rings is 1. The summed E-state index contributed by atoms with van der Waals surface area (Å²) in [4.78, 5) is 2.73. The lowest BCUT2D eigenvalue weighted by Crippen LogP contribution is -2.36. The Bertz CT molecular complexity index is 679. The molecule has 0 amide bonds. The first-order valence-corrected chi connectivity index (χ1v) is 12.9. The third-order valence-corrected chi connectivity index (χ3v) is 6.28. The van der Waals surface area contributed by atoms with E-state index in [1.165, 1.54) is 69.8 Å². The van der Waals surface area contributed by atoms with Crippen molar-refractivity contribution in [2.45, 2.75) is 103 Å². The molecule has 1 rings (SSSR count). The Labute approximate surface area is 179 Å². The van der Waals surface area contributed by atoms with Gasteiger partial charge in [0.15, 0.2) is 0 Å². The molecule has 2 N–H and O–H groups in total. The summed E-state index contributed by atoms with van der Waals surface area (Å²) < 4.78 is 24.8. The quantitative estimate of drug-likeness (QED) is 0.236. The first-order valence-electron chi connectivity index (χ1n) is 11.4. The lowest BCUT2D eigenvalue weighted by Gasteiger charge is -2.11. The SMILES string of the molecule is CCCCCCCCCCCCc1ccc(S(=O)(=O)NNC(C)=CC(C)C)cc1. The van der Waals surface area contributed by atoms with Crippen molar-refractivity contribution in [2.24, 2.45) is 5.92 Å². The average molecular weight is 423 g/mol. The molecule has 29 heavy (non-hydrogen) atoms. The van der Waals surface area contributed by atoms with Gasteiger partial charge in [-0.15, -0.1) is 4.83 Å². The first-order chi connectivity index (χ1) is 13.8. The van der Waals surface area contributed by atoms with Gasteiger partial charge >= 0.3 is 0 Å². The first kappa shape index (κ1) is 25.7. The summed E-state index contributed by atoms with van der Waals surface area (Å²) in [5.74, 6) is 0.358. The summed E-state index contributed by atoms with van der Waals surface area (Å²) in [5, 5.41) is 0. The van der Waals surface area contributed by atoms with Crippen LogP contribution >= 0.6 is 0 Å². The van der Waals surface area contributed by atoms with Gasteiger partial charge in [0.25, 0.3) is 10.0 Å². The van der Waals surface area contributed by atoms with Gasteiger partial charge < -0.3 is 5.43 Å². The molecule has 166 valence electrons. The topological polar surface area (TPSA) is 58.2 Å². The molecule has 0 radical (unpaired) electrons. The van der Waals surface area contributed by atoms with Crippen molar-refractivity contribution in [1.29, 1.82) is 0 Å². The zero-order valence-corrected chi connectivity index (χ0v) is 19.8. The number of unbranched alkanes of at least 4 members (excludes halogenated alkanes) is 9. The normalized spacial score (nSPS) is 12.5. The lowest BCUT2D eigenvalue weighted by molar-refractivity contribution is 0.556. The summed E-state index contributed by atoms with van der Waals surface area (Å²) in [6.07, 6.45) is 16.3. The van der Waals surface area contributed by atoms with Crippen LogP contribution in [0, 0.1) is 5.92 Å². The van der Waals surface area contributed by atoms with Crippen molar-refractivity contribution in [1.82, 2.24) is 10.3 Å². The fourth-order valence-electron chi connectivity index (χ4n) is 3.40. The molecule has 0 unspecified atom stereocenters. The second-order valence-electron chi connectivity index (χ2n) is 8.40. The molecule has 0 aliphatic carbocycles. The molecule has 0 saturated heterocycles. The number of rotatable bonds is 16. The summed E-state index contributed by atoms with van der Waals surface area (Å²) in [5.41, 5.74) is 4.76. The zero-order valence-electron chi connectivity index (χ0n) is 19.0. The highest BCUT2D eigenvalue weighted by molar-refractivity contribution is 7.89. The van der Waals surface area contributed by atoms with E-state index in [1.807, 2.05) is 39.0 Å². The molecule has 4 nitrogen and oxygen atoms in total. The predicted molar refractivity (Wildman–Crippen MR) is 124 cm³/mol. The number of nitrogens with one attached hydrogen (secondary N) is 2. The van der Waals surface area contributed by atoms with Crippen molar-refractivity contribution in [2.75, 3.05) is 0 Å². The second kappa shape index (κ2) is 14.6. The Balaban J connectivity index is 2.27. The van der Waals surface area contributed by atoms with Gasteiger partial charge in [0, 0.05) is 5.70 Å². The van der Waals surface area contributed by atoms with Crippen LogP contribution in [0.2, 0.25) is 0 Å². The van der Waals surface area contributed by atoms with Crippen LogP contribution in [-0.2, 0) is 16.4 Å². The Morgan fingerprint density at radius 2 is 1.41 bits per heavy atom. The van der Waals surface area contributed by atoms with Gasteiger partial charge in [-0.05, 0) is 43.4 Å². The average Bonchev–Trinajstić information content (AvgIpc) is 2.68. The Kier molecular flexibility index (Phi) is 13.0. The van der Waals surface area contributed by atoms with Gasteiger partial charge in [-0.25, -0.2) is 8.42 Å². The van der Waals surface area contributed by atoms with E-state index >= 15 is 0 Å². The van der Waals surface area contributed by atoms with Crippen molar-refractivity contribution in [3.8, 4) is 0 Å². The smallest absolute Gasteiger partial charge is 0.257 e. The third kappa shape index (κ3) is 12.1. The van der Waals surface area contributed by atoms with Crippen molar-refractivity contribution >= 4 is 10.0 Å². The van der Waals surface area contributed by atoms with Crippen molar-refractivity contribution in [3.05, 3.63) is 41.6 Å². The number of hydrogen-bond acceptors (Lipinski definition) is 3. The number of hydrazine groups is 1. The number of allylic oxidation sites excluding steroid dienone is 2. The van der Waals surface area contributed by atoms with Crippen LogP contribution in [0.25, 0.3) is 0 Å². The highest BCUT2D eigenvalue weighted by Gasteiger charge is 2.13. The van der Waals surface area contributed by atoms with E-state index in [2.05, 4.69) is 17.2 Å². The molecule has 0 spiro atoms. The largest absolute Gasteiger partial charge is 0.313 e. The van der Waals surface area contributed by atoms with Crippen molar-refractivity contribution in [3.63, 3.8) is 0 Å². The number of hydrogen-bond donors (Lipinski definition) is 2. The molecule has 0 bridgehead atoms. The van der Waals surface area contributed by atoms with E-state index in [0.29, 0.717) is 5.92 Å². The minimum absolute atomic E-state index is 0.286. The standard InChI is InChI=1S/C24H42N2O2S/c1-5-6-7-8-9-10-11-12-13-14-15-23-16-18-24(19-17-23)29(27,28)26-25-22(4)20-21(2)3/h16-21,25-26H,5-15H2,1-4H3. The monoisotopic (exact) mass is 422 g/mol. The maximum Gasteiger partial charge on any atom is 0.257 e. The molecule has 0 aromatic heterocycles. The summed E-state index contributed by atoms with van der Waals surface area (Å²) in [6, 6.07) is 7.24. The van der Waals surface area contributed by atoms with Crippen LogP contribution in [-0.4, -0.2) is 8.42 Å². The minimum Gasteiger partial charge on any atom is -0.313 e. The van der Waals surface area contributed by atoms with E-state index in [0.717, 1.165) is 12.1 Å². The minimum atomic E-state index is -3.55. The van der Waals surface area contributed by atoms with Crippen LogP contribution < -0.4 is 10.3 Å². The number of sulfonamides is 1. The van der Waals surface area contributed by atoms with Gasteiger partial charge in [0.2, 0.25) is 0 Å². The molecular formula is C24H42N2O2S. The Hall–Kier alpha value is -1.33. The molecule has 0 aliphatic heterocycles. The predicted octanol–water partition coefficient (Wildman–Crippen LogP) is 6.49. The molecule has 0 fully saturated rings. The van der Waals surface area contributed by atoms with E-state index in [4.69, 9.17) is 0 Å². The van der Waals surface area contributed by atoms with E-state index < -0.39 is 10.0 Å². The van der Waals surface area contributed by atoms with Crippen molar-refractivity contribution < 1.29 is 8.42 Å². The van der Waals surface area contributed by atoms with Crippen LogP contribution in [0.15, 0.2) is 40.9 Å². The van der Waals surface area contributed by atoms with E-state index in [-0.39, 0.29) is 4.90 Å². The maximum absolute atomic E-state index is 12.4. The molecule has 5 heteroatoms. The fraction of sp³-hybridized carbons (Fsp3) is 0.667. The highest BCUT2D eigenvalue weighted by atomic mass is 32.2. The lowest BCUT2D eigenvalue weighted by atomic mass is 10.0. The van der Waals surface area contributed by atoms with Crippen LogP contribution in [0.3, 0.4) is 0 Å². The number of aryl methyl sites for hydroxylation is 1. The molecular weight excluding hydrogens is 380 g/mol.